The maximum absolute atomic E-state index is 12.6. The van der Waals surface area contributed by atoms with Gasteiger partial charge in [0.1, 0.15) is 6.67 Å². The maximum atomic E-state index is 12.6. The number of hydrogen-bond acceptors (Lipinski definition) is 3. The largest absolute Gasteiger partial charge is 0.480 e. The Kier molecular flexibility index (Phi) is 4.55. The van der Waals surface area contributed by atoms with Crippen LogP contribution in [0, 0.1) is 13.8 Å². The van der Waals surface area contributed by atoms with Crippen molar-refractivity contribution in [1.82, 2.24) is 15.1 Å². The molecule has 2 rings (SSSR count). The summed E-state index contributed by atoms with van der Waals surface area (Å²) in [5, 5.41) is 15.0. The molecule has 0 aliphatic rings. The number of benzene rings is 1. The van der Waals surface area contributed by atoms with E-state index in [-0.39, 0.29) is 5.56 Å². The lowest BCUT2D eigenvalue weighted by atomic mass is 10.2. The number of nitrogens with one attached hydrogen (secondary N) is 1. The molecule has 7 heteroatoms. The number of carbonyl (C=O) groups is 2. The van der Waals surface area contributed by atoms with Gasteiger partial charge in [0.15, 0.2) is 6.04 Å². The molecule has 116 valence electrons. The normalized spacial score (nSPS) is 12.0. The van der Waals surface area contributed by atoms with Crippen LogP contribution in [0.5, 0.6) is 0 Å². The summed E-state index contributed by atoms with van der Waals surface area (Å²) in [6.07, 6.45) is 1.34. The second-order valence-corrected chi connectivity index (χ2v) is 4.91. The molecule has 0 aliphatic heterocycles. The minimum Gasteiger partial charge on any atom is -0.480 e. The smallest absolute Gasteiger partial charge is 0.328 e. The molecule has 0 saturated carbocycles. The average molecular weight is 305 g/mol. The number of halogens is 1. The fraction of sp³-hybridized carbons (Fsp3) is 0.267. The van der Waals surface area contributed by atoms with Crippen molar-refractivity contribution < 1.29 is 19.1 Å². The van der Waals surface area contributed by atoms with Crippen LogP contribution in [0.4, 0.5) is 4.39 Å². The van der Waals surface area contributed by atoms with Gasteiger partial charge in [-0.1, -0.05) is 12.1 Å². The molecule has 0 fully saturated rings. The zero-order chi connectivity index (χ0) is 16.3. The van der Waals surface area contributed by atoms with Gasteiger partial charge in [-0.25, -0.2) is 13.9 Å². The van der Waals surface area contributed by atoms with Crippen LogP contribution in [-0.2, 0) is 4.79 Å². The van der Waals surface area contributed by atoms with Crippen molar-refractivity contribution in [2.24, 2.45) is 0 Å². The molecule has 1 aromatic carbocycles. The van der Waals surface area contributed by atoms with E-state index in [9.17, 15) is 14.0 Å². The molecule has 1 atom stereocenters. The molecule has 1 heterocycles. The molecule has 0 bridgehead atoms. The quantitative estimate of drug-likeness (QED) is 0.879. The van der Waals surface area contributed by atoms with Gasteiger partial charge < -0.3 is 10.4 Å². The van der Waals surface area contributed by atoms with Crippen molar-refractivity contribution in [3.8, 4) is 5.69 Å². The van der Waals surface area contributed by atoms with Crippen molar-refractivity contribution in [3.63, 3.8) is 0 Å². The highest BCUT2D eigenvalue weighted by atomic mass is 19.1. The van der Waals surface area contributed by atoms with Crippen LogP contribution >= 0.6 is 0 Å². The van der Waals surface area contributed by atoms with E-state index in [4.69, 9.17) is 5.11 Å². The minimum absolute atomic E-state index is 0.209. The highest BCUT2D eigenvalue weighted by molar-refractivity contribution is 5.97. The number of aliphatic carboxylic acids is 1. The Morgan fingerprint density at radius 1 is 1.41 bits per heavy atom. The van der Waals surface area contributed by atoms with Crippen LogP contribution < -0.4 is 5.32 Å². The van der Waals surface area contributed by atoms with E-state index in [2.05, 4.69) is 10.4 Å². The van der Waals surface area contributed by atoms with E-state index in [1.165, 1.54) is 6.20 Å². The zero-order valence-electron chi connectivity index (χ0n) is 12.2. The Labute approximate surface area is 126 Å². The maximum Gasteiger partial charge on any atom is 0.328 e. The molecule has 0 aliphatic carbocycles. The second-order valence-electron chi connectivity index (χ2n) is 4.91. The third-order valence-corrected chi connectivity index (χ3v) is 3.26. The molecule has 2 aromatic rings. The number of carboxylic acids is 1. The highest BCUT2D eigenvalue weighted by Crippen LogP contribution is 2.15. The van der Waals surface area contributed by atoms with E-state index >= 15 is 0 Å². The van der Waals surface area contributed by atoms with E-state index in [0.717, 1.165) is 11.3 Å². The van der Waals surface area contributed by atoms with Crippen molar-refractivity contribution in [1.29, 1.82) is 0 Å². The number of carboxylic acid groups (broad SMARTS) is 1. The van der Waals surface area contributed by atoms with Crippen LogP contribution in [-0.4, -0.2) is 39.5 Å². The Hall–Kier alpha value is -2.70. The summed E-state index contributed by atoms with van der Waals surface area (Å²) in [6, 6.07) is 6.00. The topological polar surface area (TPSA) is 84.2 Å². The molecule has 0 radical (unpaired) electrons. The predicted octanol–water partition coefficient (Wildman–Crippen LogP) is 1.64. The Balaban J connectivity index is 2.27. The predicted molar refractivity (Wildman–Crippen MR) is 77.9 cm³/mol. The van der Waals surface area contributed by atoms with Crippen LogP contribution in [0.2, 0.25) is 0 Å². The fourth-order valence-corrected chi connectivity index (χ4v) is 2.05. The number of rotatable bonds is 5. The number of aryl methyl sites for hydroxylation is 1. The van der Waals surface area contributed by atoms with Gasteiger partial charge in [-0.2, -0.15) is 5.10 Å². The summed E-state index contributed by atoms with van der Waals surface area (Å²) in [5.74, 6) is -2.08. The number of nitrogens with zero attached hydrogens (tertiary/aromatic N) is 2. The standard InChI is InChI=1S/C15H16FN3O3/c1-9-4-3-5-11(6-9)19-10(2)12(8-17-19)14(20)18-13(7-16)15(21)22/h3-6,8,13H,7H2,1-2H3,(H,18,20)(H,21,22). The van der Waals surface area contributed by atoms with E-state index in [0.29, 0.717) is 5.69 Å². The van der Waals surface area contributed by atoms with Crippen LogP contribution in [0.25, 0.3) is 5.69 Å². The van der Waals surface area contributed by atoms with E-state index < -0.39 is 24.6 Å². The first kappa shape index (κ1) is 15.7. The van der Waals surface area contributed by atoms with Crippen molar-refractivity contribution >= 4 is 11.9 Å². The molecular formula is C15H16FN3O3. The molecular weight excluding hydrogens is 289 g/mol. The lowest BCUT2D eigenvalue weighted by molar-refractivity contribution is -0.139. The summed E-state index contributed by atoms with van der Waals surface area (Å²) in [6.45, 7) is 2.45. The van der Waals surface area contributed by atoms with Gasteiger partial charge in [-0.15, -0.1) is 0 Å². The van der Waals surface area contributed by atoms with Gasteiger partial charge in [0.05, 0.1) is 23.1 Å². The van der Waals surface area contributed by atoms with Crippen molar-refractivity contribution in [2.45, 2.75) is 19.9 Å². The van der Waals surface area contributed by atoms with Crippen LogP contribution in [0.1, 0.15) is 21.6 Å². The molecule has 0 saturated heterocycles. The molecule has 1 unspecified atom stereocenters. The van der Waals surface area contributed by atoms with Crippen molar-refractivity contribution in [3.05, 3.63) is 47.3 Å². The first-order chi connectivity index (χ1) is 10.4. The van der Waals surface area contributed by atoms with Gasteiger partial charge >= 0.3 is 5.97 Å². The second kappa shape index (κ2) is 6.38. The molecule has 1 amide bonds. The summed E-state index contributed by atoms with van der Waals surface area (Å²) in [7, 11) is 0. The van der Waals surface area contributed by atoms with E-state index in [1.54, 1.807) is 11.6 Å². The zero-order valence-corrected chi connectivity index (χ0v) is 12.2. The molecule has 22 heavy (non-hydrogen) atoms. The van der Waals surface area contributed by atoms with Crippen LogP contribution in [0.3, 0.4) is 0 Å². The molecule has 6 nitrogen and oxygen atoms in total. The number of carbonyl (C=O) groups excluding carboxylic acids is 1. The minimum atomic E-state index is -1.56. The number of aromatic nitrogens is 2. The summed E-state index contributed by atoms with van der Waals surface area (Å²) >= 11 is 0. The van der Waals surface area contributed by atoms with Crippen molar-refractivity contribution in [2.75, 3.05) is 6.67 Å². The first-order valence-corrected chi connectivity index (χ1v) is 6.65. The molecule has 2 N–H and O–H groups in total. The summed E-state index contributed by atoms with van der Waals surface area (Å²) in [5.41, 5.74) is 2.59. The Bertz CT molecular complexity index is 712. The van der Waals surface area contributed by atoms with Gasteiger partial charge in [0, 0.05) is 0 Å². The average Bonchev–Trinajstić information content (AvgIpc) is 2.86. The Morgan fingerprint density at radius 2 is 2.14 bits per heavy atom. The van der Waals surface area contributed by atoms with Gasteiger partial charge in [0.25, 0.3) is 5.91 Å². The van der Waals surface area contributed by atoms with Gasteiger partial charge in [0.2, 0.25) is 0 Å². The number of alkyl halides is 1. The fourth-order valence-electron chi connectivity index (χ4n) is 2.05. The third kappa shape index (κ3) is 3.13. The lowest BCUT2D eigenvalue weighted by Gasteiger charge is -2.10. The molecule has 0 spiro atoms. The molecule has 1 aromatic heterocycles. The monoisotopic (exact) mass is 305 g/mol. The Morgan fingerprint density at radius 3 is 2.73 bits per heavy atom. The number of hydrogen-bond donors (Lipinski definition) is 2. The SMILES string of the molecule is Cc1cccc(-n2ncc(C(=O)NC(CF)C(=O)O)c2C)c1. The summed E-state index contributed by atoms with van der Waals surface area (Å²) in [4.78, 5) is 22.8. The lowest BCUT2D eigenvalue weighted by Crippen LogP contribution is -2.42. The third-order valence-electron chi connectivity index (χ3n) is 3.26. The van der Waals surface area contributed by atoms with E-state index in [1.807, 2.05) is 31.2 Å². The summed E-state index contributed by atoms with van der Waals surface area (Å²) < 4.78 is 14.2. The highest BCUT2D eigenvalue weighted by Gasteiger charge is 2.23. The van der Waals surface area contributed by atoms with Gasteiger partial charge in [-0.05, 0) is 31.5 Å². The van der Waals surface area contributed by atoms with Gasteiger partial charge in [-0.3, -0.25) is 4.79 Å². The van der Waals surface area contributed by atoms with Crippen LogP contribution in [0.15, 0.2) is 30.5 Å². The first-order valence-electron chi connectivity index (χ1n) is 6.65. The number of amides is 1.